The molecule has 0 aliphatic carbocycles. The Bertz CT molecular complexity index is 1050. The number of benzene rings is 1. The number of nitrogens with two attached hydrogens (primary N) is 1. The van der Waals surface area contributed by atoms with E-state index in [2.05, 4.69) is 27.1 Å². The third-order valence-corrected chi connectivity index (χ3v) is 5.39. The van der Waals surface area contributed by atoms with Gasteiger partial charge < -0.3 is 21.3 Å². The number of hydrogen-bond acceptors (Lipinski definition) is 5. The molecule has 0 spiro atoms. The van der Waals surface area contributed by atoms with E-state index in [4.69, 9.17) is 5.73 Å². The molecule has 1 amide bonds. The molecule has 1 aliphatic rings. The Morgan fingerprint density at radius 3 is 2.66 bits per heavy atom. The maximum atomic E-state index is 14.7. The van der Waals surface area contributed by atoms with Crippen LogP contribution in [0.15, 0.2) is 66.5 Å². The maximum absolute atomic E-state index is 14.7. The Morgan fingerprint density at radius 1 is 1.25 bits per heavy atom. The lowest BCUT2D eigenvalue weighted by Gasteiger charge is -2.31. The summed E-state index contributed by atoms with van der Waals surface area (Å²) in [5.41, 5.74) is 8.79. The van der Waals surface area contributed by atoms with Crippen LogP contribution in [0.4, 0.5) is 15.8 Å². The molecular weight excluding hydrogens is 405 g/mol. The summed E-state index contributed by atoms with van der Waals surface area (Å²) in [5.74, 6) is -1.10. The molecule has 2 aromatic rings. The van der Waals surface area contributed by atoms with E-state index in [1.165, 1.54) is 6.42 Å². The van der Waals surface area contributed by atoms with E-state index >= 15 is 0 Å². The van der Waals surface area contributed by atoms with Crippen LogP contribution in [-0.2, 0) is 0 Å². The molecule has 2 heterocycles. The van der Waals surface area contributed by atoms with Crippen molar-refractivity contribution in [2.24, 2.45) is 0 Å². The van der Waals surface area contributed by atoms with E-state index in [9.17, 15) is 9.18 Å². The number of hydrogen-bond donors (Lipinski definition) is 3. The number of nitrogens with zero attached hydrogens (tertiary/aromatic N) is 2. The Balaban J connectivity index is 1.97. The molecule has 0 bridgehead atoms. The third kappa shape index (κ3) is 5.17. The summed E-state index contributed by atoms with van der Waals surface area (Å²) < 4.78 is 14.7. The van der Waals surface area contributed by atoms with Gasteiger partial charge in [0.15, 0.2) is 11.5 Å². The fraction of sp³-hybridized carbons (Fsp3) is 0.280. The number of pyridine rings is 1. The molecular formula is C25H30FN5O. The van der Waals surface area contributed by atoms with Crippen LogP contribution < -0.4 is 16.4 Å². The number of halogens is 1. The predicted molar refractivity (Wildman–Crippen MR) is 129 cm³/mol. The van der Waals surface area contributed by atoms with Gasteiger partial charge in [-0.05, 0) is 50.5 Å². The van der Waals surface area contributed by atoms with E-state index < -0.39 is 11.7 Å². The SMILES string of the molecule is C=C/C(NC(=O)c1nc(-c2cccc(NC)c2)c(F)cc1N)=C(\C=C/C)N1CCCCC1. The van der Waals surface area contributed by atoms with Crippen molar-refractivity contribution in [1.29, 1.82) is 0 Å². The highest BCUT2D eigenvalue weighted by molar-refractivity contribution is 5.99. The predicted octanol–water partition coefficient (Wildman–Crippen LogP) is 4.70. The van der Waals surface area contributed by atoms with E-state index in [0.717, 1.165) is 43.4 Å². The molecule has 0 unspecified atom stereocenters. The van der Waals surface area contributed by atoms with Crippen molar-refractivity contribution < 1.29 is 9.18 Å². The summed E-state index contributed by atoms with van der Waals surface area (Å²) in [6.45, 7) is 7.63. The van der Waals surface area contributed by atoms with Crippen LogP contribution in [0.3, 0.4) is 0 Å². The quantitative estimate of drug-likeness (QED) is 0.549. The molecule has 168 valence electrons. The van der Waals surface area contributed by atoms with Gasteiger partial charge in [-0.15, -0.1) is 0 Å². The summed E-state index contributed by atoms with van der Waals surface area (Å²) in [5, 5.41) is 5.89. The molecule has 32 heavy (non-hydrogen) atoms. The topological polar surface area (TPSA) is 83.3 Å². The highest BCUT2D eigenvalue weighted by atomic mass is 19.1. The van der Waals surface area contributed by atoms with Gasteiger partial charge in [0.1, 0.15) is 5.69 Å². The monoisotopic (exact) mass is 435 g/mol. The van der Waals surface area contributed by atoms with E-state index in [-0.39, 0.29) is 17.1 Å². The molecule has 1 fully saturated rings. The fourth-order valence-electron chi connectivity index (χ4n) is 3.77. The Kier molecular flexibility index (Phi) is 7.65. The minimum Gasteiger partial charge on any atom is -0.397 e. The second-order valence-electron chi connectivity index (χ2n) is 7.59. The highest BCUT2D eigenvalue weighted by Crippen LogP contribution is 2.27. The van der Waals surface area contributed by atoms with Crippen LogP contribution in [0.5, 0.6) is 0 Å². The first-order valence-electron chi connectivity index (χ1n) is 10.8. The molecule has 7 heteroatoms. The minimum absolute atomic E-state index is 0.0255. The smallest absolute Gasteiger partial charge is 0.276 e. The van der Waals surface area contributed by atoms with Crippen LogP contribution in [0.1, 0.15) is 36.7 Å². The second kappa shape index (κ2) is 10.6. The standard InChI is InChI=1S/C25H30FN5O/c1-4-10-22(31-13-7-6-8-14-31)21(5-2)29-25(32)24-20(27)16-19(26)23(30-24)17-11-9-12-18(15-17)28-3/h4-5,9-12,15-16,28H,2,6-8,13-14,27H2,1,3H3,(H,29,32)/b10-4-,22-21-. The lowest BCUT2D eigenvalue weighted by atomic mass is 10.1. The zero-order valence-corrected chi connectivity index (χ0v) is 18.6. The first-order valence-corrected chi connectivity index (χ1v) is 10.8. The molecule has 1 aromatic carbocycles. The first-order chi connectivity index (χ1) is 15.5. The zero-order chi connectivity index (χ0) is 23.1. The van der Waals surface area contributed by atoms with Crippen molar-refractivity contribution >= 4 is 17.3 Å². The van der Waals surface area contributed by atoms with Gasteiger partial charge in [-0.2, -0.15) is 0 Å². The van der Waals surface area contributed by atoms with Crippen LogP contribution in [-0.4, -0.2) is 35.9 Å². The summed E-state index contributed by atoms with van der Waals surface area (Å²) in [6.07, 6.45) is 8.89. The van der Waals surface area contributed by atoms with Crippen LogP contribution in [0.25, 0.3) is 11.3 Å². The van der Waals surface area contributed by atoms with Gasteiger partial charge in [0.05, 0.1) is 17.1 Å². The van der Waals surface area contributed by atoms with Crippen molar-refractivity contribution in [2.45, 2.75) is 26.2 Å². The first kappa shape index (κ1) is 23.1. The number of nitrogen functional groups attached to an aromatic ring is 1. The van der Waals surface area contributed by atoms with Gasteiger partial charge in [0.25, 0.3) is 5.91 Å². The van der Waals surface area contributed by atoms with Crippen LogP contribution in [0.2, 0.25) is 0 Å². The van der Waals surface area contributed by atoms with Gasteiger partial charge in [-0.3, -0.25) is 4.79 Å². The summed E-state index contributed by atoms with van der Waals surface area (Å²) in [7, 11) is 1.78. The normalized spacial score (nSPS) is 14.8. The van der Waals surface area contributed by atoms with Crippen LogP contribution in [0, 0.1) is 5.82 Å². The van der Waals surface area contributed by atoms with Gasteiger partial charge in [0, 0.05) is 37.5 Å². The number of amides is 1. The largest absolute Gasteiger partial charge is 0.397 e. The summed E-state index contributed by atoms with van der Waals surface area (Å²) >= 11 is 0. The Morgan fingerprint density at radius 2 is 2.00 bits per heavy atom. The number of allylic oxidation sites excluding steroid dienone is 3. The number of anilines is 2. The molecule has 0 saturated carbocycles. The third-order valence-electron chi connectivity index (χ3n) is 5.39. The van der Waals surface area contributed by atoms with Crippen molar-refractivity contribution in [3.05, 3.63) is 78.0 Å². The molecule has 0 atom stereocenters. The number of carbonyl (C=O) groups excluding carboxylic acids is 1. The average molecular weight is 436 g/mol. The molecule has 4 N–H and O–H groups in total. The van der Waals surface area contributed by atoms with Gasteiger partial charge >= 0.3 is 0 Å². The molecule has 6 nitrogen and oxygen atoms in total. The number of aromatic nitrogens is 1. The van der Waals surface area contributed by atoms with Gasteiger partial charge in [-0.1, -0.05) is 24.8 Å². The molecule has 1 aliphatic heterocycles. The van der Waals surface area contributed by atoms with E-state index in [1.807, 2.05) is 25.1 Å². The fourth-order valence-corrected chi connectivity index (χ4v) is 3.77. The minimum atomic E-state index is -0.588. The number of piperidine rings is 1. The number of nitrogens with one attached hydrogen (secondary N) is 2. The van der Waals surface area contributed by atoms with Crippen LogP contribution >= 0.6 is 0 Å². The summed E-state index contributed by atoms with van der Waals surface area (Å²) in [4.78, 5) is 19.7. The zero-order valence-electron chi connectivity index (χ0n) is 18.6. The van der Waals surface area contributed by atoms with Crippen molar-refractivity contribution in [2.75, 3.05) is 31.2 Å². The highest BCUT2D eigenvalue weighted by Gasteiger charge is 2.20. The van der Waals surface area contributed by atoms with Crippen molar-refractivity contribution in [3.8, 4) is 11.3 Å². The lowest BCUT2D eigenvalue weighted by Crippen LogP contribution is -2.33. The molecule has 0 radical (unpaired) electrons. The van der Waals surface area contributed by atoms with Crippen molar-refractivity contribution in [1.82, 2.24) is 15.2 Å². The molecule has 1 aromatic heterocycles. The number of rotatable bonds is 7. The Hall–Kier alpha value is -3.61. The van der Waals surface area contributed by atoms with Gasteiger partial charge in [-0.25, -0.2) is 9.37 Å². The van der Waals surface area contributed by atoms with E-state index in [1.54, 1.807) is 31.3 Å². The molecule has 1 saturated heterocycles. The average Bonchev–Trinajstić information content (AvgIpc) is 2.81. The number of likely N-dealkylation sites (tertiary alicyclic amines) is 1. The maximum Gasteiger partial charge on any atom is 0.276 e. The second-order valence-corrected chi connectivity index (χ2v) is 7.59. The van der Waals surface area contributed by atoms with Gasteiger partial charge in [0.2, 0.25) is 0 Å². The lowest BCUT2D eigenvalue weighted by molar-refractivity contribution is 0.0962. The summed E-state index contributed by atoms with van der Waals surface area (Å²) in [6, 6.07) is 8.28. The van der Waals surface area contributed by atoms with Crippen molar-refractivity contribution in [3.63, 3.8) is 0 Å². The van der Waals surface area contributed by atoms with E-state index in [0.29, 0.717) is 11.3 Å². The molecule has 3 rings (SSSR count). The number of carbonyl (C=O) groups is 1. The Labute approximate surface area is 188 Å².